The van der Waals surface area contributed by atoms with Crippen LogP contribution in [0.1, 0.15) is 73.6 Å². The molecule has 0 N–H and O–H groups in total. The van der Waals surface area contributed by atoms with Crippen LogP contribution in [0.2, 0.25) is 0 Å². The van der Waals surface area contributed by atoms with E-state index in [1.165, 1.54) is 72.3 Å². The highest BCUT2D eigenvalue weighted by molar-refractivity contribution is 6.01. The Kier molecular flexibility index (Phi) is 19.9. The molecule has 64 heavy (non-hydrogen) atoms. The molecule has 1 heteroatoms. The minimum absolute atomic E-state index is 0.771. The number of aliphatic imine (C=N–C) groups is 1. The lowest BCUT2D eigenvalue weighted by Crippen LogP contribution is -1.95. The molecule has 0 saturated carbocycles. The molecule has 0 saturated heterocycles. The van der Waals surface area contributed by atoms with Crippen molar-refractivity contribution in [3.63, 3.8) is 0 Å². The van der Waals surface area contributed by atoms with Crippen LogP contribution in [0.4, 0.5) is 0 Å². The van der Waals surface area contributed by atoms with E-state index in [1.807, 2.05) is 77.1 Å². The van der Waals surface area contributed by atoms with Gasteiger partial charge in [0.05, 0.1) is 5.70 Å². The van der Waals surface area contributed by atoms with E-state index >= 15 is 0 Å². The number of hydrogen-bond acceptors (Lipinski definition) is 1. The molecule has 0 radical (unpaired) electrons. The van der Waals surface area contributed by atoms with Crippen LogP contribution in [0.3, 0.4) is 0 Å². The van der Waals surface area contributed by atoms with Crippen molar-refractivity contribution in [2.45, 2.75) is 69.2 Å². The summed E-state index contributed by atoms with van der Waals surface area (Å²) < 4.78 is 0. The standard InChI is InChI=1S/C28H23N.C22H22.C7H8.C4H8.C2H6/c1-21(23-11-5-3-6-12-23)29-22(2)25-15-9-17-27(19-25)28-18-10-16-26(20-28)24-13-7-4-8-14-24;1-15-9-5-7-11-19(15)21-17(3)13-14-18(4)22(21)20-12-8-6-10-16(20)2;1-7-5-3-2-4-6-7;1-4(2)3;1-2/h3-20H,2H2,1H3;5-14H,1-4H3;2-6H,1H3;1H2,2-3H3;1-2H3. The highest BCUT2D eigenvalue weighted by Gasteiger charge is 2.16. The predicted molar refractivity (Wildman–Crippen MR) is 284 cm³/mol. The van der Waals surface area contributed by atoms with Crippen LogP contribution in [0.25, 0.3) is 50.2 Å². The number of aryl methyl sites for hydroxylation is 5. The maximum Gasteiger partial charge on any atom is 0.0633 e. The number of rotatable bonds is 7. The quantitative estimate of drug-likeness (QED) is 0.112. The first-order valence-corrected chi connectivity index (χ1v) is 22.3. The van der Waals surface area contributed by atoms with Gasteiger partial charge in [0.25, 0.3) is 0 Å². The molecular weight excluding hydrogens is 771 g/mol. The van der Waals surface area contributed by atoms with Crippen molar-refractivity contribution in [2.24, 2.45) is 4.99 Å². The van der Waals surface area contributed by atoms with Gasteiger partial charge in [-0.3, -0.25) is 4.99 Å². The van der Waals surface area contributed by atoms with E-state index in [4.69, 9.17) is 4.99 Å². The molecule has 0 fully saturated rings. The van der Waals surface area contributed by atoms with E-state index in [0.717, 1.165) is 28.1 Å². The Morgan fingerprint density at radius 1 is 0.359 bits per heavy atom. The molecule has 0 aliphatic carbocycles. The molecular formula is C63H67N. The zero-order valence-corrected chi connectivity index (χ0v) is 39.9. The molecule has 8 aromatic rings. The minimum Gasteiger partial charge on any atom is -0.253 e. The summed E-state index contributed by atoms with van der Waals surface area (Å²) in [5, 5.41) is 0. The summed E-state index contributed by atoms with van der Waals surface area (Å²) >= 11 is 0. The minimum atomic E-state index is 0.771. The zero-order chi connectivity index (χ0) is 46.4. The highest BCUT2D eigenvalue weighted by Crippen LogP contribution is 2.40. The number of benzene rings is 8. The third-order valence-electron chi connectivity index (χ3n) is 10.4. The fraction of sp³-hybridized carbons (Fsp3) is 0.159. The molecule has 0 heterocycles. The maximum atomic E-state index is 4.74. The van der Waals surface area contributed by atoms with E-state index < -0.39 is 0 Å². The van der Waals surface area contributed by atoms with Gasteiger partial charge in [-0.25, -0.2) is 0 Å². The second kappa shape index (κ2) is 25.8. The predicted octanol–water partition coefficient (Wildman–Crippen LogP) is 18.4. The lowest BCUT2D eigenvalue weighted by atomic mass is 9.85. The van der Waals surface area contributed by atoms with Crippen LogP contribution in [0.5, 0.6) is 0 Å². The van der Waals surface area contributed by atoms with Gasteiger partial charge in [0.2, 0.25) is 0 Å². The molecule has 0 spiro atoms. The third kappa shape index (κ3) is 14.8. The van der Waals surface area contributed by atoms with Crippen molar-refractivity contribution in [1.82, 2.24) is 0 Å². The van der Waals surface area contributed by atoms with Crippen molar-refractivity contribution >= 4 is 11.4 Å². The van der Waals surface area contributed by atoms with E-state index in [9.17, 15) is 0 Å². The van der Waals surface area contributed by atoms with Crippen molar-refractivity contribution in [3.8, 4) is 44.5 Å². The Morgan fingerprint density at radius 3 is 1.17 bits per heavy atom. The smallest absolute Gasteiger partial charge is 0.0633 e. The van der Waals surface area contributed by atoms with Crippen LogP contribution in [-0.4, -0.2) is 5.71 Å². The fourth-order valence-corrected chi connectivity index (χ4v) is 7.14. The third-order valence-corrected chi connectivity index (χ3v) is 10.4. The Morgan fingerprint density at radius 2 is 0.719 bits per heavy atom. The average Bonchev–Trinajstić information content (AvgIpc) is 3.32. The van der Waals surface area contributed by atoms with Crippen LogP contribution >= 0.6 is 0 Å². The molecule has 1 nitrogen and oxygen atoms in total. The normalized spacial score (nSPS) is 10.2. The van der Waals surface area contributed by atoms with Gasteiger partial charge in [0.1, 0.15) is 0 Å². The lowest BCUT2D eigenvalue weighted by Gasteiger charge is -2.19. The highest BCUT2D eigenvalue weighted by atomic mass is 14.7. The van der Waals surface area contributed by atoms with Crippen LogP contribution in [-0.2, 0) is 0 Å². The summed E-state index contributed by atoms with van der Waals surface area (Å²) in [6, 6.07) is 69.8. The van der Waals surface area contributed by atoms with Gasteiger partial charge >= 0.3 is 0 Å². The number of hydrogen-bond donors (Lipinski definition) is 0. The Hall–Kier alpha value is -7.09. The van der Waals surface area contributed by atoms with Crippen LogP contribution in [0, 0.1) is 34.6 Å². The van der Waals surface area contributed by atoms with Crippen molar-refractivity contribution < 1.29 is 0 Å². The van der Waals surface area contributed by atoms with E-state index in [0.29, 0.717) is 0 Å². The molecule has 0 unspecified atom stereocenters. The Labute approximate surface area is 386 Å². The molecule has 8 rings (SSSR count). The lowest BCUT2D eigenvalue weighted by molar-refractivity contribution is 1.35. The number of allylic oxidation sites excluding steroid dienone is 1. The van der Waals surface area contributed by atoms with Crippen molar-refractivity contribution in [1.29, 1.82) is 0 Å². The first-order valence-electron chi connectivity index (χ1n) is 22.3. The van der Waals surface area contributed by atoms with Crippen molar-refractivity contribution in [3.05, 3.63) is 258 Å². The summed E-state index contributed by atoms with van der Waals surface area (Å²) in [6.45, 7) is 28.6. The summed E-state index contributed by atoms with van der Waals surface area (Å²) in [4.78, 5) is 4.74. The number of nitrogens with zero attached hydrogens (tertiary/aromatic N) is 1. The van der Waals surface area contributed by atoms with Gasteiger partial charge in [0, 0.05) is 11.3 Å². The SMILES string of the molecule is C=C(C)C.C=C(N=C(C)c1ccccc1)c1cccc(-c2cccc(-c3ccccc3)c2)c1.CC.Cc1ccccc1.Cc1ccccc1-c1c(C)ccc(C)c1-c1ccccc1C. The summed E-state index contributed by atoms with van der Waals surface area (Å²) in [5.74, 6) is 0. The van der Waals surface area contributed by atoms with Gasteiger partial charge in [-0.15, -0.1) is 6.58 Å². The zero-order valence-electron chi connectivity index (χ0n) is 39.9. The topological polar surface area (TPSA) is 12.4 Å². The van der Waals surface area contributed by atoms with Gasteiger partial charge in [-0.1, -0.05) is 220 Å². The summed E-state index contributed by atoms with van der Waals surface area (Å²) in [5.41, 5.74) is 21.9. The van der Waals surface area contributed by atoms with Crippen LogP contribution < -0.4 is 0 Å². The summed E-state index contributed by atoms with van der Waals surface area (Å²) in [6.07, 6.45) is 0. The second-order valence-electron chi connectivity index (χ2n) is 16.0. The molecule has 0 aliphatic heterocycles. The molecule has 0 bridgehead atoms. The Bertz CT molecular complexity index is 2640. The first-order chi connectivity index (χ1) is 30.9. The monoisotopic (exact) mass is 838 g/mol. The van der Waals surface area contributed by atoms with Gasteiger partial charge < -0.3 is 0 Å². The fourth-order valence-electron chi connectivity index (χ4n) is 7.14. The molecule has 0 amide bonds. The van der Waals surface area contributed by atoms with Gasteiger partial charge in [0.15, 0.2) is 0 Å². The molecule has 8 aromatic carbocycles. The molecule has 0 aromatic heterocycles. The van der Waals surface area contributed by atoms with Crippen molar-refractivity contribution in [2.75, 3.05) is 0 Å². The van der Waals surface area contributed by atoms with Crippen LogP contribution in [0.15, 0.2) is 224 Å². The average molecular weight is 838 g/mol. The maximum absolute atomic E-state index is 4.74. The van der Waals surface area contributed by atoms with E-state index in [1.54, 1.807) is 0 Å². The van der Waals surface area contributed by atoms with E-state index in [-0.39, 0.29) is 0 Å². The molecule has 0 aliphatic rings. The van der Waals surface area contributed by atoms with E-state index in [2.05, 4.69) is 206 Å². The first kappa shape index (κ1) is 49.6. The molecule has 0 atom stereocenters. The second-order valence-corrected chi connectivity index (χ2v) is 16.0. The van der Waals surface area contributed by atoms with Gasteiger partial charge in [-0.05, 0) is 140 Å². The molecule has 324 valence electrons. The van der Waals surface area contributed by atoms with Gasteiger partial charge in [-0.2, -0.15) is 0 Å². The Balaban J connectivity index is 0.000000224. The largest absolute Gasteiger partial charge is 0.253 e. The summed E-state index contributed by atoms with van der Waals surface area (Å²) in [7, 11) is 0.